The summed E-state index contributed by atoms with van der Waals surface area (Å²) in [6.45, 7) is 6.27. The molecular formula is C19H28N2O3. The summed E-state index contributed by atoms with van der Waals surface area (Å²) in [6, 6.07) is 6.89. The van der Waals surface area contributed by atoms with Gasteiger partial charge in [-0.1, -0.05) is 12.1 Å². The van der Waals surface area contributed by atoms with Crippen molar-refractivity contribution in [2.24, 2.45) is 0 Å². The van der Waals surface area contributed by atoms with E-state index in [1.54, 1.807) is 4.90 Å². The lowest BCUT2D eigenvalue weighted by Gasteiger charge is -2.36. The van der Waals surface area contributed by atoms with Gasteiger partial charge in [0.15, 0.2) is 0 Å². The van der Waals surface area contributed by atoms with Crippen LogP contribution in [0.15, 0.2) is 18.2 Å². The summed E-state index contributed by atoms with van der Waals surface area (Å²) in [5, 5.41) is 0. The Hall–Kier alpha value is -1.75. The largest absolute Gasteiger partial charge is 0.493 e. The first kappa shape index (κ1) is 17.1. The second-order valence-electron chi connectivity index (χ2n) is 6.67. The Bertz CT molecular complexity index is 568. The summed E-state index contributed by atoms with van der Waals surface area (Å²) in [6.07, 6.45) is 3.96. The van der Waals surface area contributed by atoms with E-state index in [-0.39, 0.29) is 6.09 Å². The first-order valence-corrected chi connectivity index (χ1v) is 9.04. The molecule has 1 saturated heterocycles. The zero-order valence-corrected chi connectivity index (χ0v) is 14.8. The third-order valence-corrected chi connectivity index (χ3v) is 5.13. The highest BCUT2D eigenvalue weighted by Gasteiger charge is 2.25. The minimum atomic E-state index is -0.198. The van der Waals surface area contributed by atoms with Crippen LogP contribution in [0.1, 0.15) is 30.9 Å². The van der Waals surface area contributed by atoms with Crippen molar-refractivity contribution in [1.29, 1.82) is 0 Å². The van der Waals surface area contributed by atoms with Gasteiger partial charge in [-0.2, -0.15) is 0 Å². The Kier molecular flexibility index (Phi) is 5.61. The van der Waals surface area contributed by atoms with Crippen LogP contribution in [0.3, 0.4) is 0 Å². The Labute approximate surface area is 144 Å². The summed E-state index contributed by atoms with van der Waals surface area (Å²) < 4.78 is 10.7. The first-order valence-electron chi connectivity index (χ1n) is 9.04. The lowest BCUT2D eigenvalue weighted by Crippen LogP contribution is -2.46. The molecule has 0 saturated carbocycles. The number of amides is 1. The fourth-order valence-corrected chi connectivity index (χ4v) is 3.59. The molecular weight excluding hydrogens is 304 g/mol. The van der Waals surface area contributed by atoms with Crippen molar-refractivity contribution in [3.05, 3.63) is 29.3 Å². The van der Waals surface area contributed by atoms with Crippen LogP contribution in [0, 0.1) is 0 Å². The van der Waals surface area contributed by atoms with Gasteiger partial charge in [0, 0.05) is 39.1 Å². The van der Waals surface area contributed by atoms with Crippen LogP contribution in [0.4, 0.5) is 4.79 Å². The van der Waals surface area contributed by atoms with Crippen LogP contribution >= 0.6 is 0 Å². The standard InChI is InChI=1S/C19H28N2O3/c1-3-23-19(22)20(2)17-7-11-21(12-8-17)10-6-15-4-5-18-16(14-15)9-13-24-18/h4-5,14,17H,3,6-13H2,1-2H3. The van der Waals surface area contributed by atoms with Gasteiger partial charge in [0.2, 0.25) is 0 Å². The molecule has 0 atom stereocenters. The lowest BCUT2D eigenvalue weighted by molar-refractivity contribution is 0.0805. The number of carbonyl (C=O) groups is 1. The minimum Gasteiger partial charge on any atom is -0.493 e. The molecule has 2 aliphatic heterocycles. The molecule has 0 N–H and O–H groups in total. The minimum absolute atomic E-state index is 0.198. The molecule has 0 aliphatic carbocycles. The quantitative estimate of drug-likeness (QED) is 0.831. The maximum absolute atomic E-state index is 11.8. The molecule has 5 nitrogen and oxygen atoms in total. The summed E-state index contributed by atoms with van der Waals surface area (Å²) in [5.74, 6) is 1.06. The highest BCUT2D eigenvalue weighted by molar-refractivity contribution is 5.67. The van der Waals surface area contributed by atoms with E-state index in [1.165, 1.54) is 11.1 Å². The van der Waals surface area contributed by atoms with Crippen molar-refractivity contribution in [1.82, 2.24) is 9.80 Å². The lowest BCUT2D eigenvalue weighted by atomic mass is 10.0. The highest BCUT2D eigenvalue weighted by Crippen LogP contribution is 2.26. The van der Waals surface area contributed by atoms with Gasteiger partial charge in [-0.25, -0.2) is 4.79 Å². The Morgan fingerprint density at radius 3 is 2.92 bits per heavy atom. The van der Waals surface area contributed by atoms with E-state index in [0.717, 1.165) is 57.7 Å². The number of benzene rings is 1. The second kappa shape index (κ2) is 7.88. The smallest absolute Gasteiger partial charge is 0.409 e. The molecule has 2 heterocycles. The number of nitrogens with zero attached hydrogens (tertiary/aromatic N) is 2. The molecule has 1 aromatic carbocycles. The molecule has 132 valence electrons. The van der Waals surface area contributed by atoms with Crippen LogP contribution in [-0.2, 0) is 17.6 Å². The van der Waals surface area contributed by atoms with Gasteiger partial charge in [-0.3, -0.25) is 0 Å². The zero-order chi connectivity index (χ0) is 16.9. The van der Waals surface area contributed by atoms with Crippen molar-refractivity contribution in [3.63, 3.8) is 0 Å². The maximum atomic E-state index is 11.8. The van der Waals surface area contributed by atoms with Crippen LogP contribution in [0.2, 0.25) is 0 Å². The van der Waals surface area contributed by atoms with E-state index in [4.69, 9.17) is 9.47 Å². The van der Waals surface area contributed by atoms with Gasteiger partial charge in [-0.05, 0) is 43.4 Å². The Morgan fingerprint density at radius 2 is 2.17 bits per heavy atom. The zero-order valence-electron chi connectivity index (χ0n) is 14.8. The average molecular weight is 332 g/mol. The van der Waals surface area contributed by atoms with Crippen molar-refractivity contribution in [2.75, 3.05) is 39.9 Å². The predicted molar refractivity (Wildman–Crippen MR) is 93.6 cm³/mol. The monoisotopic (exact) mass is 332 g/mol. The summed E-state index contributed by atoms with van der Waals surface area (Å²) in [5.41, 5.74) is 2.74. The summed E-state index contributed by atoms with van der Waals surface area (Å²) in [7, 11) is 1.85. The van der Waals surface area contributed by atoms with Gasteiger partial charge in [0.05, 0.1) is 13.2 Å². The van der Waals surface area contributed by atoms with Crippen molar-refractivity contribution < 1.29 is 14.3 Å². The third kappa shape index (κ3) is 4.01. The van der Waals surface area contributed by atoms with Gasteiger partial charge in [0.1, 0.15) is 5.75 Å². The number of fused-ring (bicyclic) bond motifs is 1. The molecule has 0 bridgehead atoms. The van der Waals surface area contributed by atoms with Crippen LogP contribution < -0.4 is 4.74 Å². The topological polar surface area (TPSA) is 42.0 Å². The number of hydrogen-bond donors (Lipinski definition) is 0. The van der Waals surface area contributed by atoms with E-state index in [2.05, 4.69) is 23.1 Å². The molecule has 2 aliphatic rings. The normalized spacial score (nSPS) is 18.1. The SMILES string of the molecule is CCOC(=O)N(C)C1CCN(CCc2ccc3c(c2)CCO3)CC1. The summed E-state index contributed by atoms with van der Waals surface area (Å²) >= 11 is 0. The molecule has 24 heavy (non-hydrogen) atoms. The molecule has 0 unspecified atom stereocenters. The number of rotatable bonds is 5. The Balaban J connectivity index is 1.43. The van der Waals surface area contributed by atoms with Crippen molar-refractivity contribution in [3.8, 4) is 5.75 Å². The number of piperidine rings is 1. The van der Waals surface area contributed by atoms with E-state index in [0.29, 0.717) is 12.6 Å². The third-order valence-electron chi connectivity index (χ3n) is 5.13. The van der Waals surface area contributed by atoms with E-state index in [9.17, 15) is 4.79 Å². The average Bonchev–Trinajstić information content (AvgIpc) is 3.07. The van der Waals surface area contributed by atoms with Gasteiger partial charge in [-0.15, -0.1) is 0 Å². The van der Waals surface area contributed by atoms with Crippen molar-refractivity contribution >= 4 is 6.09 Å². The fourth-order valence-electron chi connectivity index (χ4n) is 3.59. The van der Waals surface area contributed by atoms with Gasteiger partial charge < -0.3 is 19.3 Å². The molecule has 1 amide bonds. The van der Waals surface area contributed by atoms with Crippen molar-refractivity contribution in [2.45, 2.75) is 38.6 Å². The molecule has 1 aromatic rings. The maximum Gasteiger partial charge on any atom is 0.409 e. The highest BCUT2D eigenvalue weighted by atomic mass is 16.6. The molecule has 5 heteroatoms. The molecule has 0 radical (unpaired) electrons. The first-order chi connectivity index (χ1) is 11.7. The molecule has 0 spiro atoms. The molecule has 0 aromatic heterocycles. The second-order valence-corrected chi connectivity index (χ2v) is 6.67. The van der Waals surface area contributed by atoms with Crippen LogP contribution in [0.25, 0.3) is 0 Å². The Morgan fingerprint density at radius 1 is 1.38 bits per heavy atom. The molecule has 1 fully saturated rings. The number of ether oxygens (including phenoxy) is 2. The van der Waals surface area contributed by atoms with E-state index >= 15 is 0 Å². The van der Waals surface area contributed by atoms with Gasteiger partial charge >= 0.3 is 6.09 Å². The predicted octanol–water partition coefficient (Wildman–Crippen LogP) is 2.72. The number of carbonyl (C=O) groups excluding carboxylic acids is 1. The number of hydrogen-bond acceptors (Lipinski definition) is 4. The van der Waals surface area contributed by atoms with Crippen LogP contribution in [-0.4, -0.2) is 61.8 Å². The molecule has 3 rings (SSSR count). The fraction of sp³-hybridized carbons (Fsp3) is 0.632. The summed E-state index contributed by atoms with van der Waals surface area (Å²) in [4.78, 5) is 16.1. The van der Waals surface area contributed by atoms with Crippen LogP contribution in [0.5, 0.6) is 5.75 Å². The van der Waals surface area contributed by atoms with Gasteiger partial charge in [0.25, 0.3) is 0 Å². The number of likely N-dealkylation sites (tertiary alicyclic amines) is 1. The van der Waals surface area contributed by atoms with E-state index in [1.807, 2.05) is 14.0 Å². The van der Waals surface area contributed by atoms with E-state index < -0.39 is 0 Å².